The second-order valence-corrected chi connectivity index (χ2v) is 10.3. The molecule has 1 unspecified atom stereocenters. The van der Waals surface area contributed by atoms with Crippen LogP contribution in [-0.2, 0) is 40.7 Å². The number of nitrogens with zero attached hydrogens (tertiary/aromatic N) is 1. The van der Waals surface area contributed by atoms with E-state index in [4.69, 9.17) is 27.9 Å². The number of nitrogens with one attached hydrogen (secondary N) is 1. The molecule has 0 bridgehead atoms. The molecule has 1 fully saturated rings. The molecule has 1 spiro atoms. The zero-order valence-corrected chi connectivity index (χ0v) is 23.5. The first-order valence-corrected chi connectivity index (χ1v) is 13.5. The van der Waals surface area contributed by atoms with Crippen molar-refractivity contribution in [3.05, 3.63) is 111 Å². The lowest BCUT2D eigenvalue weighted by Gasteiger charge is -2.35. The molecule has 2 amide bonds. The Labute approximate surface area is 250 Å². The van der Waals surface area contributed by atoms with E-state index in [-0.39, 0.29) is 35.0 Å². The van der Waals surface area contributed by atoms with Crippen LogP contribution in [-0.4, -0.2) is 41.1 Å². The number of benzene rings is 3. The van der Waals surface area contributed by atoms with Crippen molar-refractivity contribution in [3.8, 4) is 0 Å². The van der Waals surface area contributed by atoms with Crippen molar-refractivity contribution < 1.29 is 33.8 Å². The molecule has 1 heterocycles. The number of halogens is 2. The van der Waals surface area contributed by atoms with Crippen LogP contribution in [0.4, 0.5) is 11.4 Å². The number of ketones is 2. The fraction of sp³-hybridized carbons (Fsp3) is 0.129. The van der Waals surface area contributed by atoms with Gasteiger partial charge in [0, 0.05) is 45.6 Å². The third-order valence-corrected chi connectivity index (χ3v) is 7.37. The van der Waals surface area contributed by atoms with Gasteiger partial charge in [-0.3, -0.25) is 24.1 Å². The molecule has 212 valence electrons. The number of esters is 1. The highest BCUT2D eigenvalue weighted by Gasteiger charge is 2.65. The topological polar surface area (TPSA) is 130 Å². The van der Waals surface area contributed by atoms with E-state index >= 15 is 0 Å². The van der Waals surface area contributed by atoms with Gasteiger partial charge in [-0.05, 0) is 60.5 Å². The molecule has 5 rings (SSSR count). The average Bonchev–Trinajstić information content (AvgIpc) is 3.36. The van der Waals surface area contributed by atoms with Gasteiger partial charge >= 0.3 is 11.9 Å². The van der Waals surface area contributed by atoms with E-state index in [1.807, 2.05) is 0 Å². The molecule has 3 aromatic carbocycles. The molecular weight excluding hydrogens is 583 g/mol. The Balaban J connectivity index is 1.66. The van der Waals surface area contributed by atoms with Gasteiger partial charge in [0.1, 0.15) is 5.76 Å². The summed E-state index contributed by atoms with van der Waals surface area (Å²) in [6.07, 6.45) is 1.81. The van der Waals surface area contributed by atoms with Crippen LogP contribution in [0.25, 0.3) is 5.76 Å². The Morgan fingerprint density at radius 1 is 1.00 bits per heavy atom. The Hall–Kier alpha value is -4.73. The van der Waals surface area contributed by atoms with Gasteiger partial charge in [-0.25, -0.2) is 4.79 Å². The number of anilines is 2. The SMILES string of the molecule is CCOC(=O)/C=C/C(=O)Nc1cccc(C(O)=C2C(=O)C(=O)N(c3cccc(Cl)c3)C23C(=O)Cc2cc(Cl)ccc23)c1. The highest BCUT2D eigenvalue weighted by molar-refractivity contribution is 6.55. The molecule has 0 radical (unpaired) electrons. The van der Waals surface area contributed by atoms with E-state index in [0.29, 0.717) is 16.1 Å². The summed E-state index contributed by atoms with van der Waals surface area (Å²) in [5.74, 6) is -4.58. The van der Waals surface area contributed by atoms with Gasteiger partial charge in [-0.2, -0.15) is 0 Å². The minimum atomic E-state index is -2.00. The summed E-state index contributed by atoms with van der Waals surface area (Å²) >= 11 is 12.4. The van der Waals surface area contributed by atoms with Gasteiger partial charge < -0.3 is 15.2 Å². The second kappa shape index (κ2) is 11.3. The molecule has 2 N–H and O–H groups in total. The van der Waals surface area contributed by atoms with Gasteiger partial charge in [-0.1, -0.05) is 47.5 Å². The Morgan fingerprint density at radius 3 is 2.48 bits per heavy atom. The van der Waals surface area contributed by atoms with Crippen molar-refractivity contribution in [2.45, 2.75) is 18.9 Å². The molecule has 3 aromatic rings. The van der Waals surface area contributed by atoms with E-state index in [2.05, 4.69) is 5.32 Å². The van der Waals surface area contributed by atoms with E-state index in [0.717, 1.165) is 17.1 Å². The third-order valence-electron chi connectivity index (χ3n) is 6.90. The maximum absolute atomic E-state index is 14.0. The predicted octanol–water partition coefficient (Wildman–Crippen LogP) is 4.96. The third kappa shape index (κ3) is 4.87. The van der Waals surface area contributed by atoms with Crippen LogP contribution < -0.4 is 10.2 Å². The molecule has 0 saturated carbocycles. The molecule has 42 heavy (non-hydrogen) atoms. The van der Waals surface area contributed by atoms with E-state index in [9.17, 15) is 29.1 Å². The van der Waals surface area contributed by atoms with Crippen molar-refractivity contribution in [2.24, 2.45) is 0 Å². The first-order chi connectivity index (χ1) is 20.1. The molecule has 9 nitrogen and oxygen atoms in total. The maximum Gasteiger partial charge on any atom is 0.330 e. The molecule has 1 aliphatic heterocycles. The number of ether oxygens (including phenoxy) is 1. The average molecular weight is 605 g/mol. The van der Waals surface area contributed by atoms with Crippen molar-refractivity contribution in [1.82, 2.24) is 0 Å². The van der Waals surface area contributed by atoms with Crippen LogP contribution in [0.15, 0.2) is 84.5 Å². The molecule has 1 saturated heterocycles. The maximum atomic E-state index is 14.0. The van der Waals surface area contributed by atoms with Crippen LogP contribution >= 0.6 is 23.2 Å². The standard InChI is InChI=1S/C31H22Cl2N2O7/c1-2-42-26(38)12-11-25(37)34-21-7-3-5-17(14-21)28(39)27-29(40)30(41)35(22-8-4-6-19(32)16-22)31(27)23-10-9-20(33)13-18(23)15-24(31)36/h3-14,16,39H,2,15H2,1H3,(H,34,37)/b12-11+,28-27?. The van der Waals surface area contributed by atoms with Crippen molar-refractivity contribution in [1.29, 1.82) is 0 Å². The van der Waals surface area contributed by atoms with E-state index in [1.54, 1.807) is 43.3 Å². The first kappa shape index (κ1) is 28.8. The molecule has 1 aliphatic carbocycles. The minimum absolute atomic E-state index is 0.0563. The Morgan fingerprint density at radius 2 is 1.74 bits per heavy atom. The fourth-order valence-corrected chi connectivity index (χ4v) is 5.66. The fourth-order valence-electron chi connectivity index (χ4n) is 5.28. The number of rotatable bonds is 6. The van der Waals surface area contributed by atoms with Crippen LogP contribution in [0.5, 0.6) is 0 Å². The molecule has 1 atom stereocenters. The molecule has 0 aromatic heterocycles. The number of hydrogen-bond donors (Lipinski definition) is 2. The summed E-state index contributed by atoms with van der Waals surface area (Å²) in [4.78, 5) is 66.3. The highest BCUT2D eigenvalue weighted by Crippen LogP contribution is 2.53. The molecule has 2 aliphatic rings. The van der Waals surface area contributed by atoms with Crippen LogP contribution in [0.3, 0.4) is 0 Å². The quantitative estimate of drug-likeness (QED) is 0.176. The van der Waals surface area contributed by atoms with Gasteiger partial charge in [0.25, 0.3) is 5.78 Å². The zero-order chi connectivity index (χ0) is 30.2. The summed E-state index contributed by atoms with van der Waals surface area (Å²) in [6.45, 7) is 1.78. The lowest BCUT2D eigenvalue weighted by atomic mass is 9.81. The summed E-state index contributed by atoms with van der Waals surface area (Å²) in [5, 5.41) is 14.8. The monoisotopic (exact) mass is 604 g/mol. The van der Waals surface area contributed by atoms with Crippen molar-refractivity contribution >= 4 is 69.7 Å². The van der Waals surface area contributed by atoms with Gasteiger partial charge in [-0.15, -0.1) is 0 Å². The number of carbonyl (C=O) groups excluding carboxylic acids is 5. The predicted molar refractivity (Wildman–Crippen MR) is 156 cm³/mol. The number of amides is 2. The molecular formula is C31H22Cl2N2O7. The number of carbonyl (C=O) groups is 5. The smallest absolute Gasteiger partial charge is 0.330 e. The van der Waals surface area contributed by atoms with Gasteiger partial charge in [0.15, 0.2) is 11.3 Å². The lowest BCUT2D eigenvalue weighted by Crippen LogP contribution is -2.48. The first-order valence-electron chi connectivity index (χ1n) is 12.7. The van der Waals surface area contributed by atoms with Crippen molar-refractivity contribution in [2.75, 3.05) is 16.8 Å². The van der Waals surface area contributed by atoms with E-state index < -0.39 is 46.2 Å². The summed E-state index contributed by atoms with van der Waals surface area (Å²) in [5.41, 5.74) is -1.14. The number of aliphatic hydroxyl groups excluding tert-OH is 1. The van der Waals surface area contributed by atoms with Crippen molar-refractivity contribution in [3.63, 3.8) is 0 Å². The van der Waals surface area contributed by atoms with Crippen LogP contribution in [0.1, 0.15) is 23.6 Å². The Bertz CT molecular complexity index is 1750. The lowest BCUT2D eigenvalue weighted by molar-refractivity contribution is -0.137. The largest absolute Gasteiger partial charge is 0.507 e. The number of Topliss-reactive ketones (excluding diaryl/α,β-unsaturated/α-hetero) is 2. The van der Waals surface area contributed by atoms with E-state index in [1.165, 1.54) is 30.3 Å². The molecule has 11 heteroatoms. The normalized spacial score (nSPS) is 19.0. The van der Waals surface area contributed by atoms with Crippen LogP contribution in [0, 0.1) is 0 Å². The number of fused-ring (bicyclic) bond motifs is 2. The van der Waals surface area contributed by atoms with Gasteiger partial charge in [0.2, 0.25) is 5.91 Å². The van der Waals surface area contributed by atoms with Gasteiger partial charge in [0.05, 0.1) is 12.2 Å². The Kier molecular flexibility index (Phi) is 7.73. The summed E-state index contributed by atoms with van der Waals surface area (Å²) < 4.78 is 4.75. The minimum Gasteiger partial charge on any atom is -0.507 e. The highest BCUT2D eigenvalue weighted by atomic mass is 35.5. The number of aliphatic hydroxyl groups is 1. The van der Waals surface area contributed by atoms with Crippen LogP contribution in [0.2, 0.25) is 10.0 Å². The second-order valence-electron chi connectivity index (χ2n) is 9.44. The number of hydrogen-bond acceptors (Lipinski definition) is 7. The summed E-state index contributed by atoms with van der Waals surface area (Å²) in [6, 6.07) is 16.7. The zero-order valence-electron chi connectivity index (χ0n) is 22.0. The summed E-state index contributed by atoms with van der Waals surface area (Å²) in [7, 11) is 0.